The van der Waals surface area contributed by atoms with E-state index in [0.717, 1.165) is 34.0 Å². The van der Waals surface area contributed by atoms with Gasteiger partial charge in [0, 0.05) is 20.3 Å². The molecule has 9 heteroatoms. The first-order valence-electron chi connectivity index (χ1n) is 9.86. The summed E-state index contributed by atoms with van der Waals surface area (Å²) in [5.41, 5.74) is 5.13. The molecule has 0 aliphatic rings. The van der Waals surface area contributed by atoms with Gasteiger partial charge in [-0.15, -0.1) is 0 Å². The first kappa shape index (κ1) is 20.4. The Morgan fingerprint density at radius 2 is 1.87 bits per heavy atom. The van der Waals surface area contributed by atoms with Crippen LogP contribution in [0.2, 0.25) is 0 Å². The number of fused-ring (bicyclic) bond motifs is 1. The monoisotopic (exact) mass is 419 g/mol. The van der Waals surface area contributed by atoms with E-state index in [4.69, 9.17) is 4.74 Å². The number of ether oxygens (including phenoxy) is 1. The van der Waals surface area contributed by atoms with E-state index in [1.807, 2.05) is 53.4 Å². The van der Waals surface area contributed by atoms with Gasteiger partial charge in [-0.3, -0.25) is 4.79 Å². The maximum Gasteiger partial charge on any atom is 0.242 e. The van der Waals surface area contributed by atoms with E-state index in [1.165, 1.54) is 0 Å². The molecule has 160 valence electrons. The summed E-state index contributed by atoms with van der Waals surface area (Å²) in [4.78, 5) is 22.7. The third-order valence-corrected chi connectivity index (χ3v) is 5.19. The van der Waals surface area contributed by atoms with Crippen molar-refractivity contribution >= 4 is 28.4 Å². The van der Waals surface area contributed by atoms with Gasteiger partial charge in [-0.1, -0.05) is 0 Å². The van der Waals surface area contributed by atoms with Crippen LogP contribution in [0.5, 0.6) is 5.75 Å². The van der Waals surface area contributed by atoms with Crippen molar-refractivity contribution < 1.29 is 9.53 Å². The number of carbonyl (C=O) groups excluding carboxylic acids is 1. The zero-order chi connectivity index (χ0) is 22.1. The minimum atomic E-state index is -0.00178. The number of hydrogen-bond acceptors (Lipinski definition) is 6. The lowest BCUT2D eigenvalue weighted by Crippen LogP contribution is -2.25. The fourth-order valence-electron chi connectivity index (χ4n) is 3.41. The zero-order valence-corrected chi connectivity index (χ0v) is 18.2. The van der Waals surface area contributed by atoms with Crippen molar-refractivity contribution in [3.05, 3.63) is 54.2 Å². The molecule has 0 unspecified atom stereocenters. The van der Waals surface area contributed by atoms with Crippen LogP contribution in [-0.2, 0) is 11.3 Å². The molecule has 0 spiro atoms. The largest absolute Gasteiger partial charge is 0.497 e. The molecule has 4 aromatic rings. The Balaban J connectivity index is 1.67. The van der Waals surface area contributed by atoms with E-state index in [9.17, 15) is 4.79 Å². The number of amides is 1. The molecule has 0 fully saturated rings. The molecule has 0 bridgehead atoms. The fourth-order valence-corrected chi connectivity index (χ4v) is 3.41. The number of carbonyl (C=O) groups is 1. The number of aryl methyl sites for hydroxylation is 1. The molecule has 3 aromatic heterocycles. The van der Waals surface area contributed by atoms with Gasteiger partial charge < -0.3 is 19.5 Å². The number of methoxy groups -OCH3 is 1. The van der Waals surface area contributed by atoms with Crippen molar-refractivity contribution in [1.82, 2.24) is 29.2 Å². The van der Waals surface area contributed by atoms with Gasteiger partial charge in [0.2, 0.25) is 5.91 Å². The number of aromatic nitrogens is 5. The summed E-state index contributed by atoms with van der Waals surface area (Å²) in [6, 6.07) is 9.59. The summed E-state index contributed by atoms with van der Waals surface area (Å²) in [7, 11) is 5.12. The second-order valence-electron chi connectivity index (χ2n) is 7.47. The highest BCUT2D eigenvalue weighted by atomic mass is 16.5. The van der Waals surface area contributed by atoms with Gasteiger partial charge in [0.05, 0.1) is 41.7 Å². The Morgan fingerprint density at radius 1 is 1.13 bits per heavy atom. The zero-order valence-electron chi connectivity index (χ0n) is 18.2. The Labute approximate surface area is 180 Å². The topological polar surface area (TPSA) is 90.1 Å². The van der Waals surface area contributed by atoms with Gasteiger partial charge in [0.1, 0.15) is 17.8 Å². The molecule has 0 aliphatic heterocycles. The van der Waals surface area contributed by atoms with Crippen LogP contribution in [0.4, 0.5) is 11.5 Å². The van der Waals surface area contributed by atoms with Crippen LogP contribution in [0, 0.1) is 13.8 Å². The van der Waals surface area contributed by atoms with E-state index in [0.29, 0.717) is 11.3 Å². The molecular weight excluding hydrogens is 394 g/mol. The molecular formula is C22H25N7O2. The number of benzene rings is 1. The van der Waals surface area contributed by atoms with E-state index < -0.39 is 0 Å². The summed E-state index contributed by atoms with van der Waals surface area (Å²) in [5, 5.41) is 8.08. The van der Waals surface area contributed by atoms with Crippen molar-refractivity contribution in [3.63, 3.8) is 0 Å². The summed E-state index contributed by atoms with van der Waals surface area (Å²) >= 11 is 0. The maximum atomic E-state index is 12.1. The van der Waals surface area contributed by atoms with E-state index in [2.05, 4.69) is 20.4 Å². The predicted molar refractivity (Wildman–Crippen MR) is 119 cm³/mol. The Morgan fingerprint density at radius 3 is 2.55 bits per heavy atom. The summed E-state index contributed by atoms with van der Waals surface area (Å²) in [6.45, 7) is 4.17. The van der Waals surface area contributed by atoms with Gasteiger partial charge in [0.25, 0.3) is 0 Å². The van der Waals surface area contributed by atoms with Gasteiger partial charge in [-0.2, -0.15) is 5.10 Å². The molecule has 31 heavy (non-hydrogen) atoms. The number of imidazole rings is 1. The van der Waals surface area contributed by atoms with Crippen molar-refractivity contribution in [1.29, 1.82) is 0 Å². The Hall–Kier alpha value is -3.88. The van der Waals surface area contributed by atoms with Crippen molar-refractivity contribution in [2.24, 2.45) is 0 Å². The first-order chi connectivity index (χ1) is 14.9. The smallest absolute Gasteiger partial charge is 0.242 e. The summed E-state index contributed by atoms with van der Waals surface area (Å²) < 4.78 is 8.95. The normalized spacial score (nSPS) is 11.0. The fraction of sp³-hybridized carbons (Fsp3) is 0.273. The van der Waals surface area contributed by atoms with Crippen LogP contribution in [-0.4, -0.2) is 56.3 Å². The predicted octanol–water partition coefficient (Wildman–Crippen LogP) is 3.07. The quantitative estimate of drug-likeness (QED) is 0.517. The highest BCUT2D eigenvalue weighted by Gasteiger charge is 2.17. The Bertz CT molecular complexity index is 1240. The molecule has 4 rings (SSSR count). The molecule has 0 radical (unpaired) electrons. The standard InChI is InChI=1S/C22H25N7O2/c1-14-20(15(2)29(26-14)16-6-8-17(31-5)9-7-16)25-22-21-18(10-11-23-22)28(13-24-21)12-19(30)27(3)4/h6-11,13H,12H2,1-5H3,(H,23,25). The number of likely N-dealkylation sites (N-methyl/N-ethyl adjacent to an activating group) is 1. The summed E-state index contributed by atoms with van der Waals surface area (Å²) in [6.07, 6.45) is 3.38. The van der Waals surface area contributed by atoms with Gasteiger partial charge >= 0.3 is 0 Å². The molecule has 0 atom stereocenters. The number of hydrogen-bond donors (Lipinski definition) is 1. The first-order valence-corrected chi connectivity index (χ1v) is 9.86. The third kappa shape index (κ3) is 3.81. The van der Waals surface area contributed by atoms with E-state index >= 15 is 0 Å². The van der Waals surface area contributed by atoms with Crippen molar-refractivity contribution in [2.75, 3.05) is 26.5 Å². The van der Waals surface area contributed by atoms with Crippen LogP contribution in [0.25, 0.3) is 16.7 Å². The SMILES string of the molecule is COc1ccc(-n2nc(C)c(Nc3nccc4c3ncn4CC(=O)N(C)C)c2C)cc1. The molecule has 1 aromatic carbocycles. The van der Waals surface area contributed by atoms with Gasteiger partial charge in [-0.05, 0) is 44.2 Å². The van der Waals surface area contributed by atoms with Crippen molar-refractivity contribution in [3.8, 4) is 11.4 Å². The number of pyridine rings is 1. The number of rotatable bonds is 6. The molecule has 1 amide bonds. The second-order valence-corrected chi connectivity index (χ2v) is 7.47. The molecule has 9 nitrogen and oxygen atoms in total. The van der Waals surface area contributed by atoms with Crippen LogP contribution >= 0.6 is 0 Å². The number of nitrogens with one attached hydrogen (secondary N) is 1. The average molecular weight is 419 g/mol. The molecule has 0 saturated heterocycles. The number of nitrogens with zero attached hydrogens (tertiary/aromatic N) is 6. The summed E-state index contributed by atoms with van der Waals surface area (Å²) in [5.74, 6) is 1.41. The van der Waals surface area contributed by atoms with Crippen molar-refractivity contribution in [2.45, 2.75) is 20.4 Å². The van der Waals surface area contributed by atoms with Crippen LogP contribution in [0.3, 0.4) is 0 Å². The van der Waals surface area contributed by atoms with Gasteiger partial charge in [-0.25, -0.2) is 14.6 Å². The molecule has 3 heterocycles. The highest BCUT2D eigenvalue weighted by Crippen LogP contribution is 2.29. The molecule has 0 aliphatic carbocycles. The lowest BCUT2D eigenvalue weighted by atomic mass is 10.2. The Kier molecular flexibility index (Phi) is 5.33. The molecule has 1 N–H and O–H groups in total. The third-order valence-electron chi connectivity index (χ3n) is 5.19. The van der Waals surface area contributed by atoms with E-state index in [1.54, 1.807) is 38.6 Å². The molecule has 0 saturated carbocycles. The minimum Gasteiger partial charge on any atom is -0.497 e. The van der Waals surface area contributed by atoms with Crippen LogP contribution in [0.1, 0.15) is 11.4 Å². The highest BCUT2D eigenvalue weighted by molar-refractivity contribution is 5.89. The lowest BCUT2D eigenvalue weighted by molar-refractivity contribution is -0.129. The van der Waals surface area contributed by atoms with E-state index in [-0.39, 0.29) is 12.5 Å². The van der Waals surface area contributed by atoms with Crippen LogP contribution in [0.15, 0.2) is 42.9 Å². The maximum absolute atomic E-state index is 12.1. The lowest BCUT2D eigenvalue weighted by Gasteiger charge is -2.11. The van der Waals surface area contributed by atoms with Gasteiger partial charge in [0.15, 0.2) is 5.82 Å². The number of anilines is 2. The van der Waals surface area contributed by atoms with Crippen LogP contribution < -0.4 is 10.1 Å². The second kappa shape index (κ2) is 8.10. The minimum absolute atomic E-state index is 0.00178. The average Bonchev–Trinajstić information content (AvgIpc) is 3.30.